The van der Waals surface area contributed by atoms with Crippen LogP contribution in [0.25, 0.3) is 11.3 Å². The van der Waals surface area contributed by atoms with Gasteiger partial charge in [0.15, 0.2) is 0 Å². The molecule has 0 unspecified atom stereocenters. The number of fused-ring (bicyclic) bond motifs is 3. The van der Waals surface area contributed by atoms with E-state index in [9.17, 15) is 0 Å². The summed E-state index contributed by atoms with van der Waals surface area (Å²) < 4.78 is 0. The first-order valence-electron chi connectivity index (χ1n) is 7.05. The van der Waals surface area contributed by atoms with Gasteiger partial charge in [0.05, 0.1) is 11.4 Å². The molecule has 0 radical (unpaired) electrons. The first-order chi connectivity index (χ1) is 10.5. The summed E-state index contributed by atoms with van der Waals surface area (Å²) in [6.45, 7) is 4.11. The zero-order valence-electron chi connectivity index (χ0n) is 13.1. The molecule has 2 aromatic rings. The van der Waals surface area contributed by atoms with Gasteiger partial charge in [-0.1, -0.05) is 11.2 Å². The molecule has 3 rings (SSSR count). The fourth-order valence-electron chi connectivity index (χ4n) is 3.03. The van der Waals surface area contributed by atoms with Crippen molar-refractivity contribution in [2.24, 2.45) is 5.16 Å². The van der Waals surface area contributed by atoms with Crippen molar-refractivity contribution in [2.45, 2.75) is 19.3 Å². The maximum atomic E-state index is 6.13. The third-order valence-electron chi connectivity index (χ3n) is 4.09. The van der Waals surface area contributed by atoms with Gasteiger partial charge in [-0.15, -0.1) is 0 Å². The van der Waals surface area contributed by atoms with Gasteiger partial charge in [-0.3, -0.25) is 0 Å². The Morgan fingerprint density at radius 3 is 2.68 bits per heavy atom. The Bertz CT molecular complexity index is 767. The first kappa shape index (κ1) is 14.3. The predicted octanol–water partition coefficient (Wildman–Crippen LogP) is 2.41. The van der Waals surface area contributed by atoms with Gasteiger partial charge in [0.1, 0.15) is 19.3 Å². The molecule has 6 nitrogen and oxygen atoms in total. The van der Waals surface area contributed by atoms with E-state index >= 15 is 0 Å². The van der Waals surface area contributed by atoms with Gasteiger partial charge in [0.2, 0.25) is 0 Å². The van der Waals surface area contributed by atoms with Crippen LogP contribution in [0.5, 0.6) is 0 Å². The number of aromatic nitrogens is 2. The molecule has 22 heavy (non-hydrogen) atoms. The highest BCUT2D eigenvalue weighted by Crippen LogP contribution is 2.44. The first-order valence-corrected chi connectivity index (χ1v) is 7.05. The number of hydrogen-bond donors (Lipinski definition) is 2. The summed E-state index contributed by atoms with van der Waals surface area (Å²) in [5.41, 5.74) is 11.2. The van der Waals surface area contributed by atoms with Crippen LogP contribution in [-0.2, 0) is 10.3 Å². The summed E-state index contributed by atoms with van der Waals surface area (Å²) >= 11 is 0. The van der Waals surface area contributed by atoms with Crippen LogP contribution < -0.4 is 11.1 Å². The van der Waals surface area contributed by atoms with E-state index in [0.717, 1.165) is 33.8 Å². The minimum atomic E-state index is -0.448. The van der Waals surface area contributed by atoms with E-state index in [1.807, 2.05) is 19.2 Å². The van der Waals surface area contributed by atoms with Crippen LogP contribution in [0.1, 0.15) is 25.0 Å². The van der Waals surface area contributed by atoms with E-state index in [4.69, 9.17) is 10.6 Å². The minimum Gasteiger partial charge on any atom is -0.399 e. The number of nitrogen functional groups attached to an aromatic ring is 1. The second-order valence-electron chi connectivity index (χ2n) is 5.74. The van der Waals surface area contributed by atoms with Gasteiger partial charge in [-0.25, -0.2) is 9.97 Å². The van der Waals surface area contributed by atoms with E-state index in [-0.39, 0.29) is 0 Å². The molecule has 1 aliphatic carbocycles. The van der Waals surface area contributed by atoms with Crippen LogP contribution in [0.4, 0.5) is 11.5 Å². The number of oxime groups is 1. The third-order valence-corrected chi connectivity index (χ3v) is 4.09. The SMILES string of the molecule is CNc1ccc2c(c1)C(=NOC)C(C)(C)c1c(N)ncnc1-2. The fourth-order valence-corrected chi connectivity index (χ4v) is 3.03. The van der Waals surface area contributed by atoms with Crippen molar-refractivity contribution in [1.29, 1.82) is 0 Å². The molecule has 0 aliphatic heterocycles. The van der Waals surface area contributed by atoms with Crippen LogP contribution >= 0.6 is 0 Å². The normalized spacial score (nSPS) is 16.8. The summed E-state index contributed by atoms with van der Waals surface area (Å²) in [7, 11) is 3.43. The van der Waals surface area contributed by atoms with Crippen molar-refractivity contribution in [3.8, 4) is 11.3 Å². The Labute approximate surface area is 129 Å². The highest BCUT2D eigenvalue weighted by Gasteiger charge is 2.40. The topological polar surface area (TPSA) is 85.4 Å². The molecule has 1 aromatic heterocycles. The number of nitrogens with two attached hydrogens (primary N) is 1. The smallest absolute Gasteiger partial charge is 0.131 e. The standard InChI is InChI=1S/C16H19N5O/c1-16(2)12-13(19-8-20-15(12)17)10-6-5-9(18-3)7-11(10)14(16)21-22-4/h5-8,18H,1-4H3,(H2,17,19,20). The van der Waals surface area contributed by atoms with E-state index in [1.165, 1.54) is 6.33 Å². The Morgan fingerprint density at radius 2 is 2.00 bits per heavy atom. The lowest BCUT2D eigenvalue weighted by atomic mass is 9.70. The van der Waals surface area contributed by atoms with Crippen molar-refractivity contribution >= 4 is 17.2 Å². The van der Waals surface area contributed by atoms with Crippen LogP contribution in [0, 0.1) is 0 Å². The number of hydrogen-bond acceptors (Lipinski definition) is 6. The molecule has 0 saturated heterocycles. The number of nitrogens with zero attached hydrogens (tertiary/aromatic N) is 3. The monoisotopic (exact) mass is 297 g/mol. The molecular weight excluding hydrogens is 278 g/mol. The second kappa shape index (κ2) is 4.98. The van der Waals surface area contributed by atoms with E-state index in [2.05, 4.69) is 40.4 Å². The summed E-state index contributed by atoms with van der Waals surface area (Å²) in [6.07, 6.45) is 1.50. The van der Waals surface area contributed by atoms with Gasteiger partial charge in [-0.2, -0.15) is 0 Å². The summed E-state index contributed by atoms with van der Waals surface area (Å²) in [5.74, 6) is 0.474. The van der Waals surface area contributed by atoms with Crippen molar-refractivity contribution in [3.63, 3.8) is 0 Å². The zero-order valence-corrected chi connectivity index (χ0v) is 13.1. The summed E-state index contributed by atoms with van der Waals surface area (Å²) in [6, 6.07) is 6.08. The van der Waals surface area contributed by atoms with Gasteiger partial charge in [-0.05, 0) is 26.0 Å². The van der Waals surface area contributed by atoms with Gasteiger partial charge in [0, 0.05) is 34.8 Å². The molecule has 0 bridgehead atoms. The summed E-state index contributed by atoms with van der Waals surface area (Å²) in [4.78, 5) is 13.7. The Kier molecular flexibility index (Phi) is 3.24. The molecule has 6 heteroatoms. The molecule has 1 aromatic carbocycles. The van der Waals surface area contributed by atoms with Crippen molar-refractivity contribution in [3.05, 3.63) is 35.7 Å². The number of anilines is 2. The van der Waals surface area contributed by atoms with Crippen LogP contribution in [-0.4, -0.2) is 29.8 Å². The molecule has 1 aliphatic rings. The van der Waals surface area contributed by atoms with Crippen molar-refractivity contribution in [2.75, 3.05) is 25.2 Å². The van der Waals surface area contributed by atoms with Crippen LogP contribution in [0.2, 0.25) is 0 Å². The fraction of sp³-hybridized carbons (Fsp3) is 0.312. The van der Waals surface area contributed by atoms with Gasteiger partial charge in [0.25, 0.3) is 0 Å². The van der Waals surface area contributed by atoms with Gasteiger partial charge < -0.3 is 15.9 Å². The minimum absolute atomic E-state index is 0.448. The summed E-state index contributed by atoms with van der Waals surface area (Å²) in [5, 5.41) is 7.42. The average Bonchev–Trinajstić information content (AvgIpc) is 2.50. The average molecular weight is 297 g/mol. The zero-order chi connectivity index (χ0) is 15.9. The molecular formula is C16H19N5O. The predicted molar refractivity (Wildman–Crippen MR) is 88.0 cm³/mol. The molecule has 0 fully saturated rings. The Hall–Kier alpha value is -2.63. The number of benzene rings is 1. The highest BCUT2D eigenvalue weighted by molar-refractivity contribution is 6.16. The quantitative estimate of drug-likeness (QED) is 0.831. The van der Waals surface area contributed by atoms with Crippen molar-refractivity contribution in [1.82, 2.24) is 9.97 Å². The third kappa shape index (κ3) is 1.91. The number of nitrogens with one attached hydrogen (secondary N) is 1. The highest BCUT2D eigenvalue weighted by atomic mass is 16.6. The Morgan fingerprint density at radius 1 is 1.23 bits per heavy atom. The van der Waals surface area contributed by atoms with Gasteiger partial charge >= 0.3 is 0 Å². The lowest BCUT2D eigenvalue weighted by Gasteiger charge is -2.34. The maximum Gasteiger partial charge on any atom is 0.131 e. The number of rotatable bonds is 2. The molecule has 0 atom stereocenters. The van der Waals surface area contributed by atoms with Crippen LogP contribution in [0.3, 0.4) is 0 Å². The van der Waals surface area contributed by atoms with Crippen LogP contribution in [0.15, 0.2) is 29.7 Å². The van der Waals surface area contributed by atoms with Crippen molar-refractivity contribution < 1.29 is 4.84 Å². The lowest BCUT2D eigenvalue weighted by molar-refractivity contribution is 0.211. The molecule has 0 saturated carbocycles. The molecule has 0 amide bonds. The molecule has 1 heterocycles. The molecule has 114 valence electrons. The maximum absolute atomic E-state index is 6.13. The van der Waals surface area contributed by atoms with E-state index < -0.39 is 5.41 Å². The molecule has 3 N–H and O–H groups in total. The molecule has 0 spiro atoms. The largest absolute Gasteiger partial charge is 0.399 e. The lowest BCUT2D eigenvalue weighted by Crippen LogP contribution is -2.36. The van der Waals surface area contributed by atoms with E-state index in [0.29, 0.717) is 5.82 Å². The second-order valence-corrected chi connectivity index (χ2v) is 5.74. The Balaban J connectivity index is 2.40. The van der Waals surface area contributed by atoms with E-state index in [1.54, 1.807) is 7.11 Å².